The number of sulfonamides is 1. The summed E-state index contributed by atoms with van der Waals surface area (Å²) < 4.78 is 38.9. The monoisotopic (exact) mass is 564 g/mol. The fourth-order valence-electron chi connectivity index (χ4n) is 4.23. The maximum Gasteiger partial charge on any atom is 0.264 e. The maximum absolute atomic E-state index is 13.5. The minimum atomic E-state index is -4.08. The lowest BCUT2D eigenvalue weighted by atomic mass is 10.1. The van der Waals surface area contributed by atoms with Crippen LogP contribution < -0.4 is 19.2 Å². The summed E-state index contributed by atoms with van der Waals surface area (Å²) in [5.41, 5.74) is 3.28. The van der Waals surface area contributed by atoms with E-state index in [2.05, 4.69) is 10.5 Å². The molecule has 0 atom stereocenters. The Morgan fingerprint density at radius 3 is 2.33 bits per heavy atom. The van der Waals surface area contributed by atoms with Gasteiger partial charge < -0.3 is 14.4 Å². The summed E-state index contributed by atoms with van der Waals surface area (Å²) in [6, 6.07) is 21.3. The highest BCUT2D eigenvalue weighted by molar-refractivity contribution is 7.92. The second kappa shape index (κ2) is 13.6. The van der Waals surface area contributed by atoms with E-state index in [-0.39, 0.29) is 23.1 Å². The number of carbonyl (C=O) groups excluding carboxylic acids is 2. The van der Waals surface area contributed by atoms with Crippen molar-refractivity contribution in [3.05, 3.63) is 84.4 Å². The molecule has 0 radical (unpaired) electrons. The lowest BCUT2D eigenvalue weighted by Crippen LogP contribution is -2.39. The van der Waals surface area contributed by atoms with Crippen LogP contribution in [0.5, 0.6) is 11.5 Å². The fourth-order valence-corrected chi connectivity index (χ4v) is 5.68. The number of para-hydroxylation sites is 2. The lowest BCUT2D eigenvalue weighted by molar-refractivity contribution is -0.134. The van der Waals surface area contributed by atoms with Crippen LogP contribution in [-0.2, 0) is 19.6 Å². The van der Waals surface area contributed by atoms with E-state index in [0.29, 0.717) is 17.1 Å². The zero-order chi connectivity index (χ0) is 28.4. The molecule has 1 aliphatic rings. The van der Waals surface area contributed by atoms with Crippen molar-refractivity contribution in [2.24, 2.45) is 5.10 Å². The molecule has 1 aliphatic heterocycles. The van der Waals surface area contributed by atoms with Crippen molar-refractivity contribution in [1.29, 1.82) is 0 Å². The lowest BCUT2D eigenvalue weighted by Gasteiger charge is -2.26. The molecular weight excluding hydrogens is 532 g/mol. The Hall–Kier alpha value is -4.38. The number of amides is 2. The van der Waals surface area contributed by atoms with Gasteiger partial charge in [0.05, 0.1) is 23.9 Å². The normalized spacial score (nSPS) is 13.6. The first-order valence-corrected chi connectivity index (χ1v) is 14.4. The van der Waals surface area contributed by atoms with E-state index in [1.807, 2.05) is 4.90 Å². The predicted octanol–water partition coefficient (Wildman–Crippen LogP) is 3.43. The minimum absolute atomic E-state index is 0.0158. The van der Waals surface area contributed by atoms with Crippen LogP contribution in [0.4, 0.5) is 5.69 Å². The topological polar surface area (TPSA) is 118 Å². The van der Waals surface area contributed by atoms with Crippen LogP contribution in [0.2, 0.25) is 0 Å². The zero-order valence-corrected chi connectivity index (χ0v) is 23.0. The summed E-state index contributed by atoms with van der Waals surface area (Å²) in [5, 5.41) is 3.97. The molecule has 3 aromatic rings. The van der Waals surface area contributed by atoms with Gasteiger partial charge in [0.1, 0.15) is 18.0 Å². The molecule has 0 aromatic heterocycles. The third-order valence-electron chi connectivity index (χ3n) is 6.33. The highest BCUT2D eigenvalue weighted by atomic mass is 32.2. The first-order valence-electron chi connectivity index (χ1n) is 12.9. The van der Waals surface area contributed by atoms with Crippen molar-refractivity contribution in [1.82, 2.24) is 10.3 Å². The number of methoxy groups -OCH3 is 1. The number of piperidine rings is 1. The highest BCUT2D eigenvalue weighted by Crippen LogP contribution is 2.32. The number of ether oxygens (including phenoxy) is 2. The number of anilines is 1. The summed E-state index contributed by atoms with van der Waals surface area (Å²) >= 11 is 0. The van der Waals surface area contributed by atoms with E-state index in [9.17, 15) is 18.0 Å². The standard InChI is InChI=1S/C29H32N4O6S/c1-38-27-13-7-6-12-26(27)33(40(36,37)25-10-4-2-5-11-25)21-28(34)31-30-20-23-14-16-24(17-15-23)39-22-29(35)32-18-8-3-9-19-32/h2,4-7,10-17,20H,3,8-9,18-19,21-22H2,1H3,(H,31,34)/b30-20-. The van der Waals surface area contributed by atoms with Gasteiger partial charge in [0.25, 0.3) is 21.8 Å². The molecule has 3 aromatic carbocycles. The molecule has 0 bridgehead atoms. The van der Waals surface area contributed by atoms with Gasteiger partial charge in [0.15, 0.2) is 6.61 Å². The Kier molecular flexibility index (Phi) is 9.74. The van der Waals surface area contributed by atoms with Gasteiger partial charge in [-0.25, -0.2) is 13.8 Å². The van der Waals surface area contributed by atoms with Crippen LogP contribution in [0, 0.1) is 0 Å². The smallest absolute Gasteiger partial charge is 0.264 e. The number of nitrogens with zero attached hydrogens (tertiary/aromatic N) is 3. The number of likely N-dealkylation sites (tertiary alicyclic amines) is 1. The average Bonchev–Trinajstić information content (AvgIpc) is 3.00. The quantitative estimate of drug-likeness (QED) is 0.282. The van der Waals surface area contributed by atoms with Gasteiger partial charge in [0, 0.05) is 13.1 Å². The Morgan fingerprint density at radius 1 is 0.950 bits per heavy atom. The number of hydrazone groups is 1. The number of rotatable bonds is 11. The van der Waals surface area contributed by atoms with E-state index < -0.39 is 22.5 Å². The number of benzene rings is 3. The summed E-state index contributed by atoms with van der Waals surface area (Å²) in [5.74, 6) is 0.186. The van der Waals surface area contributed by atoms with E-state index in [4.69, 9.17) is 9.47 Å². The van der Waals surface area contributed by atoms with Crippen LogP contribution >= 0.6 is 0 Å². The molecule has 1 heterocycles. The number of hydrogen-bond acceptors (Lipinski definition) is 7. The molecule has 0 saturated carbocycles. The van der Waals surface area contributed by atoms with Crippen LogP contribution in [0.25, 0.3) is 0 Å². The van der Waals surface area contributed by atoms with Crippen molar-refractivity contribution in [2.45, 2.75) is 24.2 Å². The van der Waals surface area contributed by atoms with Crippen LogP contribution in [-0.4, -0.2) is 64.7 Å². The summed E-state index contributed by atoms with van der Waals surface area (Å²) in [6.45, 7) is 1.02. The van der Waals surface area contributed by atoms with Gasteiger partial charge in [-0.2, -0.15) is 5.10 Å². The highest BCUT2D eigenvalue weighted by Gasteiger charge is 2.29. The molecule has 0 unspecified atom stereocenters. The second-order valence-electron chi connectivity index (χ2n) is 9.09. The Labute approximate surface area is 234 Å². The average molecular weight is 565 g/mol. The second-order valence-corrected chi connectivity index (χ2v) is 11.0. The first-order chi connectivity index (χ1) is 19.4. The van der Waals surface area contributed by atoms with Gasteiger partial charge in [-0.05, 0) is 73.4 Å². The summed E-state index contributed by atoms with van der Waals surface area (Å²) in [7, 11) is -2.65. The van der Waals surface area contributed by atoms with Gasteiger partial charge in [-0.1, -0.05) is 30.3 Å². The van der Waals surface area contributed by atoms with E-state index in [0.717, 1.165) is 36.7 Å². The SMILES string of the molecule is COc1ccccc1N(CC(=O)N/N=C\c1ccc(OCC(=O)N2CCCCC2)cc1)S(=O)(=O)c1ccccc1. The Bertz CT molecular complexity index is 1420. The van der Waals surface area contributed by atoms with E-state index in [1.165, 1.54) is 25.5 Å². The third-order valence-corrected chi connectivity index (χ3v) is 8.10. The molecule has 2 amide bonds. The van der Waals surface area contributed by atoms with Crippen LogP contribution in [0.15, 0.2) is 88.9 Å². The Balaban J connectivity index is 1.38. The van der Waals surface area contributed by atoms with Gasteiger partial charge in [0.2, 0.25) is 0 Å². The van der Waals surface area contributed by atoms with Crippen LogP contribution in [0.1, 0.15) is 24.8 Å². The van der Waals surface area contributed by atoms with Gasteiger partial charge >= 0.3 is 0 Å². The molecular formula is C29H32N4O6S. The molecule has 1 fully saturated rings. The zero-order valence-electron chi connectivity index (χ0n) is 22.2. The van der Waals surface area contributed by atoms with Crippen molar-refractivity contribution < 1.29 is 27.5 Å². The molecule has 10 nitrogen and oxygen atoms in total. The Morgan fingerprint density at radius 2 is 1.62 bits per heavy atom. The van der Waals surface area contributed by atoms with Crippen LogP contribution in [0.3, 0.4) is 0 Å². The molecule has 11 heteroatoms. The number of nitrogens with one attached hydrogen (secondary N) is 1. The summed E-state index contributed by atoms with van der Waals surface area (Å²) in [6.07, 6.45) is 4.63. The minimum Gasteiger partial charge on any atom is -0.495 e. The fraction of sp³-hybridized carbons (Fsp3) is 0.276. The molecule has 0 aliphatic carbocycles. The van der Waals surface area contributed by atoms with Gasteiger partial charge in [-0.15, -0.1) is 0 Å². The molecule has 40 heavy (non-hydrogen) atoms. The van der Waals surface area contributed by atoms with E-state index >= 15 is 0 Å². The van der Waals surface area contributed by atoms with Crippen molar-refractivity contribution >= 4 is 33.7 Å². The van der Waals surface area contributed by atoms with Gasteiger partial charge in [-0.3, -0.25) is 13.9 Å². The number of hydrogen-bond donors (Lipinski definition) is 1. The van der Waals surface area contributed by atoms with Crippen molar-refractivity contribution in [3.63, 3.8) is 0 Å². The largest absolute Gasteiger partial charge is 0.495 e. The molecule has 4 rings (SSSR count). The molecule has 1 saturated heterocycles. The van der Waals surface area contributed by atoms with E-state index in [1.54, 1.807) is 66.7 Å². The maximum atomic E-state index is 13.5. The number of carbonyl (C=O) groups is 2. The molecule has 0 spiro atoms. The van der Waals surface area contributed by atoms with Crippen molar-refractivity contribution in [3.8, 4) is 11.5 Å². The predicted molar refractivity (Wildman–Crippen MR) is 152 cm³/mol. The first kappa shape index (κ1) is 28.6. The molecule has 1 N–H and O–H groups in total. The third kappa shape index (κ3) is 7.38. The van der Waals surface area contributed by atoms with Crippen molar-refractivity contribution in [2.75, 3.05) is 37.7 Å². The summed E-state index contributed by atoms with van der Waals surface area (Å²) in [4.78, 5) is 26.9. The molecule has 210 valence electrons.